The molecule has 9 heteroatoms. The Balaban J connectivity index is 0.00000280. The third-order valence-corrected chi connectivity index (χ3v) is 6.09. The van der Waals surface area contributed by atoms with Crippen molar-refractivity contribution in [1.82, 2.24) is 25.4 Å². The quantitative estimate of drug-likeness (QED) is 0.335. The van der Waals surface area contributed by atoms with Gasteiger partial charge >= 0.3 is 0 Å². The molecule has 7 nitrogen and oxygen atoms in total. The zero-order valence-electron chi connectivity index (χ0n) is 16.6. The first-order valence-electron chi connectivity index (χ1n) is 9.27. The molecule has 1 unspecified atom stereocenters. The highest BCUT2D eigenvalue weighted by Crippen LogP contribution is 2.25. The van der Waals surface area contributed by atoms with Gasteiger partial charge in [-0.3, -0.25) is 0 Å². The Labute approximate surface area is 188 Å². The first-order chi connectivity index (χ1) is 13.2. The number of benzene rings is 1. The van der Waals surface area contributed by atoms with Crippen molar-refractivity contribution in [3.05, 3.63) is 41.5 Å². The van der Waals surface area contributed by atoms with Gasteiger partial charge in [0.15, 0.2) is 11.8 Å². The SMILES string of the molecule is COc1ccc(CN=C(NCc2nnc(C)n2C)NCC2CCCS2)cc1.I. The highest BCUT2D eigenvalue weighted by molar-refractivity contribution is 14.0. The fourth-order valence-corrected chi connectivity index (χ4v) is 4.06. The molecular weight excluding hydrogens is 487 g/mol. The number of hydrogen-bond acceptors (Lipinski definition) is 5. The molecule has 0 spiro atoms. The number of aliphatic imine (C=N–C) groups is 1. The van der Waals surface area contributed by atoms with Crippen LogP contribution in [0, 0.1) is 6.92 Å². The van der Waals surface area contributed by atoms with Crippen molar-refractivity contribution in [3.63, 3.8) is 0 Å². The molecule has 1 fully saturated rings. The summed E-state index contributed by atoms with van der Waals surface area (Å²) in [6, 6.07) is 8.00. The van der Waals surface area contributed by atoms with E-state index < -0.39 is 0 Å². The fourth-order valence-electron chi connectivity index (χ4n) is 2.86. The Bertz CT molecular complexity index is 758. The van der Waals surface area contributed by atoms with E-state index in [2.05, 4.69) is 20.8 Å². The van der Waals surface area contributed by atoms with Gasteiger partial charge in [-0.1, -0.05) is 12.1 Å². The minimum Gasteiger partial charge on any atom is -0.497 e. The number of hydrogen-bond donors (Lipinski definition) is 2. The van der Waals surface area contributed by atoms with Crippen LogP contribution in [0.5, 0.6) is 5.75 Å². The third-order valence-electron chi connectivity index (χ3n) is 4.70. The van der Waals surface area contributed by atoms with Crippen LogP contribution in [0.3, 0.4) is 0 Å². The number of methoxy groups -OCH3 is 1. The molecule has 1 saturated heterocycles. The molecular formula is C19H29IN6OS. The third kappa shape index (κ3) is 6.54. The van der Waals surface area contributed by atoms with Crippen molar-refractivity contribution in [1.29, 1.82) is 0 Å². The molecule has 2 N–H and O–H groups in total. The van der Waals surface area contributed by atoms with Gasteiger partial charge in [0.05, 0.1) is 20.2 Å². The molecule has 1 aliphatic rings. The van der Waals surface area contributed by atoms with Gasteiger partial charge in [-0.2, -0.15) is 11.8 Å². The van der Waals surface area contributed by atoms with Gasteiger partial charge in [0, 0.05) is 18.8 Å². The van der Waals surface area contributed by atoms with Crippen LogP contribution in [0.25, 0.3) is 0 Å². The van der Waals surface area contributed by atoms with E-state index in [1.54, 1.807) is 7.11 Å². The van der Waals surface area contributed by atoms with Gasteiger partial charge in [-0.15, -0.1) is 34.2 Å². The average molecular weight is 516 g/mol. The number of rotatable bonds is 7. The smallest absolute Gasteiger partial charge is 0.192 e. The molecule has 2 aromatic rings. The molecule has 1 aliphatic heterocycles. The molecule has 28 heavy (non-hydrogen) atoms. The minimum atomic E-state index is 0. The van der Waals surface area contributed by atoms with Crippen molar-refractivity contribution in [2.75, 3.05) is 19.4 Å². The number of halogens is 1. The second-order valence-electron chi connectivity index (χ2n) is 6.60. The van der Waals surface area contributed by atoms with Crippen molar-refractivity contribution in [2.45, 2.75) is 38.1 Å². The predicted molar refractivity (Wildman–Crippen MR) is 126 cm³/mol. The number of nitrogens with one attached hydrogen (secondary N) is 2. The lowest BCUT2D eigenvalue weighted by molar-refractivity contribution is 0.414. The van der Waals surface area contributed by atoms with Gasteiger partial charge in [0.2, 0.25) is 0 Å². The molecule has 3 rings (SSSR count). The number of ether oxygens (including phenoxy) is 1. The van der Waals surface area contributed by atoms with Crippen LogP contribution < -0.4 is 15.4 Å². The van der Waals surface area contributed by atoms with Crippen LogP contribution in [0.4, 0.5) is 0 Å². The van der Waals surface area contributed by atoms with E-state index >= 15 is 0 Å². The largest absolute Gasteiger partial charge is 0.497 e. The molecule has 1 aromatic carbocycles. The second-order valence-corrected chi connectivity index (χ2v) is 8.01. The fraction of sp³-hybridized carbons (Fsp3) is 0.526. The maximum absolute atomic E-state index is 5.21. The number of nitrogens with zero attached hydrogens (tertiary/aromatic N) is 4. The summed E-state index contributed by atoms with van der Waals surface area (Å²) < 4.78 is 7.20. The minimum absolute atomic E-state index is 0. The lowest BCUT2D eigenvalue weighted by atomic mass is 10.2. The molecule has 1 atom stereocenters. The standard InChI is InChI=1S/C19H28N6OS.HI/c1-14-23-24-18(25(14)2)13-22-19(21-12-17-5-4-10-27-17)20-11-15-6-8-16(26-3)9-7-15;/h6-9,17H,4-5,10-13H2,1-3H3,(H2,20,21,22);1H. The van der Waals surface area contributed by atoms with E-state index in [1.165, 1.54) is 18.6 Å². The summed E-state index contributed by atoms with van der Waals surface area (Å²) in [5.41, 5.74) is 1.14. The van der Waals surface area contributed by atoms with Crippen molar-refractivity contribution >= 4 is 41.7 Å². The molecule has 0 radical (unpaired) electrons. The van der Waals surface area contributed by atoms with Crippen molar-refractivity contribution in [3.8, 4) is 5.75 Å². The summed E-state index contributed by atoms with van der Waals surface area (Å²) in [4.78, 5) is 4.75. The number of aromatic nitrogens is 3. The highest BCUT2D eigenvalue weighted by Gasteiger charge is 2.16. The van der Waals surface area contributed by atoms with Gasteiger partial charge in [0.1, 0.15) is 11.6 Å². The Morgan fingerprint density at radius 2 is 2.07 bits per heavy atom. The topological polar surface area (TPSA) is 76.4 Å². The summed E-state index contributed by atoms with van der Waals surface area (Å²) in [6.45, 7) is 4.07. The van der Waals surface area contributed by atoms with E-state index in [0.717, 1.165) is 35.5 Å². The first kappa shape index (κ1) is 22.8. The van der Waals surface area contributed by atoms with Crippen LogP contribution in [-0.4, -0.2) is 45.4 Å². The highest BCUT2D eigenvalue weighted by atomic mass is 127. The zero-order valence-corrected chi connectivity index (χ0v) is 19.8. The Kier molecular flexibility index (Phi) is 9.36. The molecule has 1 aromatic heterocycles. The molecule has 0 bridgehead atoms. The predicted octanol–water partition coefficient (Wildman–Crippen LogP) is 2.88. The zero-order chi connectivity index (χ0) is 19.1. The molecule has 0 saturated carbocycles. The molecule has 154 valence electrons. The van der Waals surface area contributed by atoms with Crippen molar-refractivity contribution in [2.24, 2.45) is 12.0 Å². The molecule has 0 amide bonds. The van der Waals surface area contributed by atoms with Gasteiger partial charge in [-0.25, -0.2) is 4.99 Å². The van der Waals surface area contributed by atoms with E-state index in [-0.39, 0.29) is 24.0 Å². The Hall–Kier alpha value is -1.49. The summed E-state index contributed by atoms with van der Waals surface area (Å²) in [5.74, 6) is 4.71. The Morgan fingerprint density at radius 1 is 1.29 bits per heavy atom. The lowest BCUT2D eigenvalue weighted by Gasteiger charge is -2.15. The summed E-state index contributed by atoms with van der Waals surface area (Å²) in [6.07, 6.45) is 2.58. The summed E-state index contributed by atoms with van der Waals surface area (Å²) >= 11 is 2.04. The normalized spacial score (nSPS) is 16.5. The number of thioether (sulfide) groups is 1. The van der Waals surface area contributed by atoms with Gasteiger partial charge < -0.3 is 19.9 Å². The van der Waals surface area contributed by atoms with E-state index in [4.69, 9.17) is 9.73 Å². The van der Waals surface area contributed by atoms with E-state index in [9.17, 15) is 0 Å². The van der Waals surface area contributed by atoms with E-state index in [0.29, 0.717) is 18.3 Å². The maximum atomic E-state index is 5.21. The average Bonchev–Trinajstić information content (AvgIpc) is 3.33. The summed E-state index contributed by atoms with van der Waals surface area (Å²) in [5, 5.41) is 15.9. The second kappa shape index (κ2) is 11.5. The van der Waals surface area contributed by atoms with Crippen LogP contribution in [0.2, 0.25) is 0 Å². The van der Waals surface area contributed by atoms with Crippen molar-refractivity contribution < 1.29 is 4.74 Å². The van der Waals surface area contributed by atoms with Gasteiger partial charge in [-0.05, 0) is 43.2 Å². The Morgan fingerprint density at radius 3 is 2.68 bits per heavy atom. The maximum Gasteiger partial charge on any atom is 0.192 e. The van der Waals surface area contributed by atoms with Crippen LogP contribution in [-0.2, 0) is 20.1 Å². The molecule has 2 heterocycles. The van der Waals surface area contributed by atoms with Crippen LogP contribution in [0.15, 0.2) is 29.3 Å². The first-order valence-corrected chi connectivity index (χ1v) is 10.3. The number of aryl methyl sites for hydroxylation is 1. The van der Waals surface area contributed by atoms with Gasteiger partial charge in [0.25, 0.3) is 0 Å². The number of guanidine groups is 1. The van der Waals surface area contributed by atoms with Crippen LogP contribution >= 0.6 is 35.7 Å². The monoisotopic (exact) mass is 516 g/mol. The van der Waals surface area contributed by atoms with Crippen LogP contribution in [0.1, 0.15) is 30.1 Å². The summed E-state index contributed by atoms with van der Waals surface area (Å²) in [7, 11) is 3.65. The molecule has 0 aliphatic carbocycles. The lowest BCUT2D eigenvalue weighted by Crippen LogP contribution is -2.40. The van der Waals surface area contributed by atoms with E-state index in [1.807, 2.05) is 54.6 Å².